The molecule has 1 unspecified atom stereocenters. The fraction of sp³-hybridized carbons (Fsp3) is 0.429. The molecule has 0 spiro atoms. The van der Waals surface area contributed by atoms with Crippen LogP contribution in [0.2, 0.25) is 10.3 Å². The summed E-state index contributed by atoms with van der Waals surface area (Å²) in [5.74, 6) is 0.403. The average molecular weight is 312 g/mol. The summed E-state index contributed by atoms with van der Waals surface area (Å²) in [6.45, 7) is 2.53. The van der Waals surface area contributed by atoms with Gasteiger partial charge in [-0.1, -0.05) is 17.7 Å². The molecule has 1 N–H and O–H groups in total. The Hall–Kier alpha value is -1.10. The lowest BCUT2D eigenvalue weighted by Gasteiger charge is -2.23. The number of nitrogens with one attached hydrogen (secondary N) is 1. The molecule has 1 atom stereocenters. The van der Waals surface area contributed by atoms with Gasteiger partial charge in [-0.25, -0.2) is 4.98 Å². The van der Waals surface area contributed by atoms with Crippen molar-refractivity contribution < 1.29 is 0 Å². The summed E-state index contributed by atoms with van der Waals surface area (Å²) in [4.78, 5) is 16.9. The van der Waals surface area contributed by atoms with Crippen molar-refractivity contribution in [2.75, 3.05) is 13.1 Å². The molecule has 2 heterocycles. The minimum absolute atomic E-state index is 0.156. The molecule has 20 heavy (non-hydrogen) atoms. The zero-order chi connectivity index (χ0) is 14.1. The first kappa shape index (κ1) is 13.9. The van der Waals surface area contributed by atoms with E-state index >= 15 is 0 Å². The molecule has 4 nitrogen and oxygen atoms in total. The van der Waals surface area contributed by atoms with Crippen LogP contribution in [0, 0.1) is 5.92 Å². The van der Waals surface area contributed by atoms with E-state index in [0.717, 1.165) is 25.9 Å². The third-order valence-corrected chi connectivity index (χ3v) is 4.33. The smallest absolute Gasteiger partial charge is 0.263 e. The maximum atomic E-state index is 12.6. The second kappa shape index (κ2) is 5.72. The van der Waals surface area contributed by atoms with E-state index in [0.29, 0.717) is 28.4 Å². The molecule has 1 fully saturated rings. The van der Waals surface area contributed by atoms with Gasteiger partial charge in [0.25, 0.3) is 5.56 Å². The predicted molar refractivity (Wildman–Crippen MR) is 81.6 cm³/mol. The summed E-state index contributed by atoms with van der Waals surface area (Å²) in [6, 6.07) is 5.22. The highest BCUT2D eigenvalue weighted by Crippen LogP contribution is 2.21. The fourth-order valence-corrected chi connectivity index (χ4v) is 3.18. The van der Waals surface area contributed by atoms with Crippen molar-refractivity contribution in [1.82, 2.24) is 14.9 Å². The molecule has 0 radical (unpaired) electrons. The highest BCUT2D eigenvalue weighted by atomic mass is 35.5. The Kier molecular flexibility index (Phi) is 3.96. The van der Waals surface area contributed by atoms with Gasteiger partial charge in [-0.15, -0.1) is 0 Å². The normalized spacial score (nSPS) is 19.4. The van der Waals surface area contributed by atoms with Crippen LogP contribution in [0.5, 0.6) is 0 Å². The Labute approximate surface area is 126 Å². The molecule has 0 aliphatic carbocycles. The summed E-state index contributed by atoms with van der Waals surface area (Å²) in [7, 11) is 0. The van der Waals surface area contributed by atoms with Crippen LogP contribution in [-0.4, -0.2) is 22.6 Å². The molecule has 0 saturated carbocycles. The highest BCUT2D eigenvalue weighted by molar-refractivity contribution is 6.35. The number of aromatic nitrogens is 2. The van der Waals surface area contributed by atoms with Gasteiger partial charge >= 0.3 is 0 Å². The molecule has 6 heteroatoms. The molecule has 3 rings (SSSR count). The van der Waals surface area contributed by atoms with E-state index in [1.165, 1.54) is 4.57 Å². The molecule has 0 bridgehead atoms. The lowest BCUT2D eigenvalue weighted by Crippen LogP contribution is -2.35. The third-order valence-electron chi connectivity index (χ3n) is 3.73. The van der Waals surface area contributed by atoms with Crippen LogP contribution in [0.3, 0.4) is 0 Å². The Balaban J connectivity index is 2.06. The Bertz CT molecular complexity index is 693. The lowest BCUT2D eigenvalue weighted by molar-refractivity contribution is 0.333. The first-order valence-electron chi connectivity index (χ1n) is 6.72. The van der Waals surface area contributed by atoms with E-state index in [4.69, 9.17) is 23.2 Å². The zero-order valence-corrected chi connectivity index (χ0v) is 12.4. The molecule has 1 aromatic carbocycles. The number of nitrogens with zero attached hydrogens (tertiary/aromatic N) is 2. The van der Waals surface area contributed by atoms with Crippen LogP contribution in [0.4, 0.5) is 0 Å². The number of piperidine rings is 1. The van der Waals surface area contributed by atoms with Crippen molar-refractivity contribution in [3.8, 4) is 0 Å². The summed E-state index contributed by atoms with van der Waals surface area (Å²) >= 11 is 12.3. The van der Waals surface area contributed by atoms with Crippen molar-refractivity contribution >= 4 is 34.1 Å². The van der Waals surface area contributed by atoms with Crippen LogP contribution in [0.15, 0.2) is 23.0 Å². The number of halogens is 2. The maximum absolute atomic E-state index is 12.6. The van der Waals surface area contributed by atoms with Gasteiger partial charge in [-0.3, -0.25) is 9.36 Å². The Morgan fingerprint density at radius 3 is 3.00 bits per heavy atom. The summed E-state index contributed by atoms with van der Waals surface area (Å²) < 4.78 is 1.54. The Morgan fingerprint density at radius 2 is 2.25 bits per heavy atom. The van der Waals surface area contributed by atoms with Crippen molar-refractivity contribution in [2.45, 2.75) is 19.4 Å². The quantitative estimate of drug-likeness (QED) is 0.867. The van der Waals surface area contributed by atoms with Crippen LogP contribution in [0.1, 0.15) is 12.8 Å². The van der Waals surface area contributed by atoms with Crippen molar-refractivity contribution in [3.63, 3.8) is 0 Å². The van der Waals surface area contributed by atoms with Crippen molar-refractivity contribution in [3.05, 3.63) is 38.9 Å². The van der Waals surface area contributed by atoms with E-state index in [1.54, 1.807) is 18.2 Å². The zero-order valence-electron chi connectivity index (χ0n) is 10.9. The standard InChI is InChI=1S/C14H15Cl2N3O/c15-10-4-1-5-11-12(10)13(20)19(14(16)18-11)8-9-3-2-6-17-7-9/h1,4-5,9,17H,2-3,6-8H2. The van der Waals surface area contributed by atoms with E-state index in [-0.39, 0.29) is 10.8 Å². The molecule has 1 aliphatic rings. The van der Waals surface area contributed by atoms with Gasteiger partial charge in [-0.05, 0) is 55.6 Å². The Morgan fingerprint density at radius 1 is 1.40 bits per heavy atom. The van der Waals surface area contributed by atoms with Crippen molar-refractivity contribution in [1.29, 1.82) is 0 Å². The SMILES string of the molecule is O=c1c2c(Cl)cccc2nc(Cl)n1CC1CCCNC1. The van der Waals surface area contributed by atoms with Crippen molar-refractivity contribution in [2.24, 2.45) is 5.92 Å². The van der Waals surface area contributed by atoms with Gasteiger partial charge in [0.15, 0.2) is 0 Å². The highest BCUT2D eigenvalue weighted by Gasteiger charge is 2.18. The minimum Gasteiger partial charge on any atom is -0.316 e. The van der Waals surface area contributed by atoms with Gasteiger partial charge in [0, 0.05) is 6.54 Å². The minimum atomic E-state index is -0.156. The van der Waals surface area contributed by atoms with E-state index in [9.17, 15) is 4.79 Å². The lowest BCUT2D eigenvalue weighted by atomic mass is 10.00. The first-order chi connectivity index (χ1) is 9.66. The van der Waals surface area contributed by atoms with E-state index < -0.39 is 0 Å². The number of rotatable bonds is 2. The molecule has 1 aromatic heterocycles. The van der Waals surface area contributed by atoms with Gasteiger partial charge in [0.2, 0.25) is 5.28 Å². The third kappa shape index (κ3) is 2.55. The van der Waals surface area contributed by atoms with Gasteiger partial charge in [0.05, 0.1) is 15.9 Å². The van der Waals surface area contributed by atoms with Gasteiger partial charge < -0.3 is 5.32 Å². The first-order valence-corrected chi connectivity index (χ1v) is 7.47. The molecule has 1 aliphatic heterocycles. The number of hydrogen-bond donors (Lipinski definition) is 1. The molecule has 2 aromatic rings. The number of benzene rings is 1. The molecule has 106 valence electrons. The van der Waals surface area contributed by atoms with E-state index in [2.05, 4.69) is 10.3 Å². The van der Waals surface area contributed by atoms with E-state index in [1.807, 2.05) is 0 Å². The average Bonchev–Trinajstić information content (AvgIpc) is 2.44. The molecule has 1 saturated heterocycles. The molecule has 0 amide bonds. The van der Waals surface area contributed by atoms with Gasteiger partial charge in [0.1, 0.15) is 0 Å². The van der Waals surface area contributed by atoms with Crippen LogP contribution >= 0.6 is 23.2 Å². The van der Waals surface area contributed by atoms with Crippen LogP contribution in [-0.2, 0) is 6.54 Å². The van der Waals surface area contributed by atoms with Gasteiger partial charge in [-0.2, -0.15) is 0 Å². The van der Waals surface area contributed by atoms with Crippen LogP contribution in [0.25, 0.3) is 10.9 Å². The largest absolute Gasteiger partial charge is 0.316 e. The maximum Gasteiger partial charge on any atom is 0.263 e. The monoisotopic (exact) mass is 311 g/mol. The molecular weight excluding hydrogens is 297 g/mol. The second-order valence-electron chi connectivity index (χ2n) is 5.14. The predicted octanol–water partition coefficient (Wildman–Crippen LogP) is 2.70. The topological polar surface area (TPSA) is 46.9 Å². The number of fused-ring (bicyclic) bond motifs is 1. The summed E-state index contributed by atoms with van der Waals surface area (Å²) in [5, 5.41) is 4.44. The fourth-order valence-electron chi connectivity index (χ4n) is 2.69. The second-order valence-corrected chi connectivity index (χ2v) is 5.89. The molecular formula is C14H15Cl2N3O. The summed E-state index contributed by atoms with van der Waals surface area (Å²) in [5.41, 5.74) is 0.390. The number of hydrogen-bond acceptors (Lipinski definition) is 3. The summed E-state index contributed by atoms with van der Waals surface area (Å²) in [6.07, 6.45) is 2.22. The van der Waals surface area contributed by atoms with Crippen LogP contribution < -0.4 is 10.9 Å².